The second-order valence-corrected chi connectivity index (χ2v) is 10.3. The van der Waals surface area contributed by atoms with Gasteiger partial charge in [-0.2, -0.15) is 9.50 Å². The maximum absolute atomic E-state index is 13.7. The van der Waals surface area contributed by atoms with Crippen molar-refractivity contribution in [3.05, 3.63) is 76.2 Å². The third-order valence-corrected chi connectivity index (χ3v) is 7.78. The number of aliphatic hydroxyl groups excluding tert-OH is 1. The van der Waals surface area contributed by atoms with Crippen LogP contribution in [0.25, 0.3) is 32.7 Å². The van der Waals surface area contributed by atoms with Crippen molar-refractivity contribution in [3.8, 4) is 5.13 Å². The number of hydrogen-bond donors (Lipinski definition) is 2. The molecule has 1 saturated heterocycles. The average molecular weight is 525 g/mol. The molecule has 2 aromatic carbocycles. The molecule has 7 rings (SSSR count). The first-order chi connectivity index (χ1) is 18.6. The molecule has 0 aliphatic carbocycles. The maximum atomic E-state index is 13.7. The predicted octanol–water partition coefficient (Wildman–Crippen LogP) is 4.05. The monoisotopic (exact) mass is 524 g/mol. The van der Waals surface area contributed by atoms with Crippen LogP contribution in [-0.4, -0.2) is 53.4 Å². The number of para-hydroxylation sites is 1. The highest BCUT2D eigenvalue weighted by atomic mass is 32.1. The largest absolute Gasteiger partial charge is 0.393 e. The number of piperidine rings is 1. The first-order valence-corrected chi connectivity index (χ1v) is 13.3. The van der Waals surface area contributed by atoms with Crippen molar-refractivity contribution in [2.45, 2.75) is 25.9 Å². The number of benzene rings is 2. The number of aliphatic hydroxyl groups is 1. The average Bonchev–Trinajstić information content (AvgIpc) is 3.56. The fourth-order valence-electron chi connectivity index (χ4n) is 5.18. The van der Waals surface area contributed by atoms with Crippen LogP contribution in [0.15, 0.2) is 65.0 Å². The molecule has 2 N–H and O–H groups in total. The van der Waals surface area contributed by atoms with E-state index in [2.05, 4.69) is 44.2 Å². The Balaban J connectivity index is 1.28. The number of nitrogens with zero attached hydrogens (tertiary/aromatic N) is 7. The third kappa shape index (κ3) is 3.70. The highest BCUT2D eigenvalue weighted by molar-refractivity contribution is 7.12. The number of nitrogens with one attached hydrogen (secondary N) is 1. The van der Waals surface area contributed by atoms with Gasteiger partial charge in [0, 0.05) is 47.6 Å². The lowest BCUT2D eigenvalue weighted by Crippen LogP contribution is -2.36. The Morgan fingerprint density at radius 2 is 1.89 bits per heavy atom. The van der Waals surface area contributed by atoms with Gasteiger partial charge in [0.2, 0.25) is 11.1 Å². The van der Waals surface area contributed by atoms with Crippen LogP contribution < -0.4 is 15.8 Å². The predicted molar refractivity (Wildman–Crippen MR) is 149 cm³/mol. The van der Waals surface area contributed by atoms with E-state index in [4.69, 9.17) is 4.98 Å². The number of anilines is 3. The van der Waals surface area contributed by atoms with Crippen LogP contribution in [0.4, 0.5) is 17.3 Å². The van der Waals surface area contributed by atoms with Gasteiger partial charge in [-0.25, -0.2) is 19.6 Å². The molecular formula is C27H24N8O2S. The van der Waals surface area contributed by atoms with Gasteiger partial charge >= 0.3 is 0 Å². The highest BCUT2D eigenvalue weighted by Gasteiger charge is 2.20. The number of aryl methyl sites for hydroxylation is 1. The van der Waals surface area contributed by atoms with Crippen molar-refractivity contribution >= 4 is 56.2 Å². The minimum Gasteiger partial charge on any atom is -0.393 e. The van der Waals surface area contributed by atoms with E-state index in [0.717, 1.165) is 53.8 Å². The standard InChI is InChI=1S/C27H24N8O2S/c1-16-14-17(6-7-21(16)33-11-8-18(36)9-12-33)30-26-29-15-20-23(32-26)31-24-19-4-2-3-5-22(19)34(35(24)25(20)37)27-28-10-13-38-27/h2-7,10,13-15,18,36H,8-9,11-12H2,1H3,(H,29,30,32). The van der Waals surface area contributed by atoms with Crippen molar-refractivity contribution in [2.24, 2.45) is 0 Å². The molecule has 0 amide bonds. The number of aromatic nitrogens is 6. The van der Waals surface area contributed by atoms with Gasteiger partial charge in [-0.1, -0.05) is 12.1 Å². The fourth-order valence-corrected chi connectivity index (χ4v) is 5.82. The van der Waals surface area contributed by atoms with Gasteiger partial charge in [-0.15, -0.1) is 11.3 Å². The zero-order valence-corrected chi connectivity index (χ0v) is 21.4. The Morgan fingerprint density at radius 3 is 2.68 bits per heavy atom. The van der Waals surface area contributed by atoms with Gasteiger partial charge in [-0.3, -0.25) is 4.79 Å². The summed E-state index contributed by atoms with van der Waals surface area (Å²) in [6.07, 6.45) is 4.60. The van der Waals surface area contributed by atoms with Crippen LogP contribution in [0, 0.1) is 6.92 Å². The highest BCUT2D eigenvalue weighted by Crippen LogP contribution is 2.28. The summed E-state index contributed by atoms with van der Waals surface area (Å²) >= 11 is 1.45. The summed E-state index contributed by atoms with van der Waals surface area (Å²) in [5.74, 6) is 0.366. The molecule has 5 heterocycles. The molecule has 1 fully saturated rings. The summed E-state index contributed by atoms with van der Waals surface area (Å²) in [6.45, 7) is 3.76. The number of hydrogen-bond acceptors (Lipinski definition) is 9. The Hall–Kier alpha value is -4.35. The minimum atomic E-state index is -0.255. The topological polar surface area (TPSA) is 113 Å². The van der Waals surface area contributed by atoms with E-state index in [1.807, 2.05) is 35.7 Å². The summed E-state index contributed by atoms with van der Waals surface area (Å²) in [4.78, 5) is 34.2. The van der Waals surface area contributed by atoms with E-state index in [1.165, 1.54) is 17.5 Å². The first kappa shape index (κ1) is 22.8. The van der Waals surface area contributed by atoms with E-state index in [1.54, 1.807) is 15.4 Å². The van der Waals surface area contributed by atoms with Gasteiger partial charge in [0.1, 0.15) is 5.39 Å². The fraction of sp³-hybridized carbons (Fsp3) is 0.222. The molecule has 1 aliphatic heterocycles. The third-order valence-electron chi connectivity index (χ3n) is 7.04. The van der Waals surface area contributed by atoms with Gasteiger partial charge in [0.15, 0.2) is 11.3 Å². The molecule has 1 aliphatic rings. The molecule has 0 unspecified atom stereocenters. The lowest BCUT2D eigenvalue weighted by Gasteiger charge is -2.32. The molecule has 6 aromatic rings. The summed E-state index contributed by atoms with van der Waals surface area (Å²) in [7, 11) is 0. The summed E-state index contributed by atoms with van der Waals surface area (Å²) in [5.41, 5.74) is 4.57. The van der Waals surface area contributed by atoms with E-state index in [9.17, 15) is 9.90 Å². The molecule has 0 atom stereocenters. The van der Waals surface area contributed by atoms with Gasteiger partial charge < -0.3 is 15.3 Å². The summed E-state index contributed by atoms with van der Waals surface area (Å²) in [6, 6.07) is 13.9. The normalized spacial score (nSPS) is 14.6. The van der Waals surface area contributed by atoms with Crippen molar-refractivity contribution in [3.63, 3.8) is 0 Å². The quantitative estimate of drug-likeness (QED) is 0.355. The molecule has 0 bridgehead atoms. The molecule has 10 nitrogen and oxygen atoms in total. The van der Waals surface area contributed by atoms with Crippen LogP contribution in [-0.2, 0) is 0 Å². The molecule has 11 heteroatoms. The zero-order chi connectivity index (χ0) is 25.8. The summed E-state index contributed by atoms with van der Waals surface area (Å²) < 4.78 is 3.34. The van der Waals surface area contributed by atoms with Gasteiger partial charge in [0.25, 0.3) is 5.56 Å². The van der Waals surface area contributed by atoms with Crippen LogP contribution in [0.1, 0.15) is 18.4 Å². The Labute approximate surface area is 220 Å². The molecule has 38 heavy (non-hydrogen) atoms. The maximum Gasteiger partial charge on any atom is 0.284 e. The lowest BCUT2D eigenvalue weighted by atomic mass is 10.1. The lowest BCUT2D eigenvalue weighted by molar-refractivity contribution is 0.145. The first-order valence-electron chi connectivity index (χ1n) is 12.5. The van der Waals surface area contributed by atoms with Crippen LogP contribution in [0.5, 0.6) is 0 Å². The van der Waals surface area contributed by atoms with E-state index in [0.29, 0.717) is 27.8 Å². The molecule has 0 saturated carbocycles. The number of thiazole rings is 1. The van der Waals surface area contributed by atoms with E-state index >= 15 is 0 Å². The second-order valence-electron chi connectivity index (χ2n) is 9.47. The Morgan fingerprint density at radius 1 is 1.05 bits per heavy atom. The van der Waals surface area contributed by atoms with Crippen molar-refractivity contribution < 1.29 is 5.11 Å². The molecule has 4 aromatic heterocycles. The van der Waals surface area contributed by atoms with Crippen LogP contribution in [0.3, 0.4) is 0 Å². The Kier molecular flexibility index (Phi) is 5.34. The van der Waals surface area contributed by atoms with E-state index < -0.39 is 0 Å². The van der Waals surface area contributed by atoms with Crippen molar-refractivity contribution in [2.75, 3.05) is 23.3 Å². The van der Waals surface area contributed by atoms with Crippen LogP contribution in [0.2, 0.25) is 0 Å². The smallest absolute Gasteiger partial charge is 0.284 e. The SMILES string of the molecule is Cc1cc(Nc2ncc3c(=O)n4c(nc3n2)c2ccccc2n4-c2nccs2)ccc1N1CCC(O)CC1. The van der Waals surface area contributed by atoms with Crippen LogP contribution >= 0.6 is 11.3 Å². The summed E-state index contributed by atoms with van der Waals surface area (Å²) in [5, 5.41) is 16.8. The van der Waals surface area contributed by atoms with Crippen molar-refractivity contribution in [1.29, 1.82) is 0 Å². The van der Waals surface area contributed by atoms with E-state index in [-0.39, 0.29) is 11.7 Å². The molecule has 190 valence electrons. The van der Waals surface area contributed by atoms with Crippen molar-refractivity contribution in [1.82, 2.24) is 29.1 Å². The second kappa shape index (κ2) is 8.89. The van der Waals surface area contributed by atoms with Gasteiger partial charge in [0.05, 0.1) is 11.6 Å². The molecule has 0 radical (unpaired) electrons. The number of fused-ring (bicyclic) bond motifs is 4. The van der Waals surface area contributed by atoms with Gasteiger partial charge in [-0.05, 0) is 55.7 Å². The zero-order valence-electron chi connectivity index (χ0n) is 20.6. The Bertz CT molecular complexity index is 1870. The molecular weight excluding hydrogens is 500 g/mol. The number of rotatable bonds is 4. The minimum absolute atomic E-state index is 0.204. The molecule has 0 spiro atoms.